The van der Waals surface area contributed by atoms with Gasteiger partial charge in [0.2, 0.25) is 5.96 Å². The lowest BCUT2D eigenvalue weighted by molar-refractivity contribution is -0.134. The SMILES string of the molecule is NC(N)=NC(N)=Nc1cc(Cl)ccc1Cl.O=C(O)/C=C/C(=O)O. The molecule has 8 N–H and O–H groups in total. The summed E-state index contributed by atoms with van der Waals surface area (Å²) in [7, 11) is 0. The lowest BCUT2D eigenvalue weighted by Crippen LogP contribution is -2.26. The van der Waals surface area contributed by atoms with E-state index in [1.54, 1.807) is 18.2 Å². The number of aliphatic imine (C=N–C) groups is 2. The minimum atomic E-state index is -1.26. The summed E-state index contributed by atoms with van der Waals surface area (Å²) in [6.07, 6.45) is 1.12. The second-order valence-electron chi connectivity index (χ2n) is 3.61. The third-order valence-electron chi connectivity index (χ3n) is 1.76. The van der Waals surface area contributed by atoms with E-state index in [-0.39, 0.29) is 11.9 Å². The third kappa shape index (κ3) is 10.6. The van der Waals surface area contributed by atoms with Gasteiger partial charge < -0.3 is 27.4 Å². The van der Waals surface area contributed by atoms with Crippen LogP contribution >= 0.6 is 23.2 Å². The fraction of sp³-hybridized carbons (Fsp3) is 0. The van der Waals surface area contributed by atoms with Crippen molar-refractivity contribution >= 4 is 52.7 Å². The Bertz CT molecular complexity index is 653. The molecule has 0 unspecified atom stereocenters. The Morgan fingerprint density at radius 3 is 2.00 bits per heavy atom. The van der Waals surface area contributed by atoms with E-state index in [9.17, 15) is 9.59 Å². The highest BCUT2D eigenvalue weighted by Crippen LogP contribution is 2.27. The van der Waals surface area contributed by atoms with Crippen LogP contribution in [-0.4, -0.2) is 34.1 Å². The van der Waals surface area contributed by atoms with Gasteiger partial charge >= 0.3 is 11.9 Å². The summed E-state index contributed by atoms with van der Waals surface area (Å²) >= 11 is 11.6. The van der Waals surface area contributed by atoms with Crippen molar-refractivity contribution in [1.29, 1.82) is 0 Å². The van der Waals surface area contributed by atoms with E-state index in [2.05, 4.69) is 9.98 Å². The summed E-state index contributed by atoms with van der Waals surface area (Å²) in [5, 5.41) is 16.5. The van der Waals surface area contributed by atoms with Crippen LogP contribution in [0.15, 0.2) is 40.3 Å². The lowest BCUT2D eigenvalue weighted by Gasteiger charge is -1.99. The van der Waals surface area contributed by atoms with Gasteiger partial charge in [0.05, 0.1) is 10.7 Å². The number of hydrogen-bond acceptors (Lipinski definition) is 3. The van der Waals surface area contributed by atoms with Crippen molar-refractivity contribution in [1.82, 2.24) is 0 Å². The first-order valence-corrected chi connectivity index (χ1v) is 6.40. The van der Waals surface area contributed by atoms with Crippen molar-refractivity contribution in [3.8, 4) is 0 Å². The van der Waals surface area contributed by atoms with Gasteiger partial charge in [-0.25, -0.2) is 14.6 Å². The van der Waals surface area contributed by atoms with Crippen molar-refractivity contribution in [2.75, 3.05) is 0 Å². The van der Waals surface area contributed by atoms with E-state index in [0.717, 1.165) is 0 Å². The molecule has 0 aromatic heterocycles. The van der Waals surface area contributed by atoms with Crippen molar-refractivity contribution < 1.29 is 19.8 Å². The average Bonchev–Trinajstić information content (AvgIpc) is 2.40. The van der Waals surface area contributed by atoms with E-state index in [1.807, 2.05) is 0 Å². The molecule has 1 aromatic carbocycles. The molecule has 124 valence electrons. The fourth-order valence-corrected chi connectivity index (χ4v) is 1.32. The Morgan fingerprint density at radius 1 is 1.04 bits per heavy atom. The number of benzene rings is 1. The number of aliphatic carboxylic acids is 2. The average molecular weight is 362 g/mol. The molecule has 0 atom stereocenters. The van der Waals surface area contributed by atoms with Gasteiger partial charge in [-0.3, -0.25) is 0 Å². The summed E-state index contributed by atoms with van der Waals surface area (Å²) in [5.74, 6) is -2.77. The van der Waals surface area contributed by atoms with Crippen LogP contribution < -0.4 is 17.2 Å². The third-order valence-corrected chi connectivity index (χ3v) is 2.31. The summed E-state index contributed by atoms with van der Waals surface area (Å²) < 4.78 is 0. The molecular formula is C12H13Cl2N5O4. The molecule has 0 saturated carbocycles. The Hall–Kier alpha value is -2.78. The first kappa shape index (κ1) is 20.2. The van der Waals surface area contributed by atoms with Crippen LogP contribution in [0.5, 0.6) is 0 Å². The van der Waals surface area contributed by atoms with Crippen molar-refractivity contribution in [3.05, 3.63) is 40.4 Å². The number of rotatable bonds is 3. The Balaban J connectivity index is 0.000000515. The van der Waals surface area contributed by atoms with Crippen molar-refractivity contribution in [2.24, 2.45) is 27.2 Å². The highest BCUT2D eigenvalue weighted by atomic mass is 35.5. The highest BCUT2D eigenvalue weighted by Gasteiger charge is 2.00. The molecule has 0 heterocycles. The number of guanidine groups is 2. The molecule has 0 aliphatic heterocycles. The molecule has 0 fully saturated rings. The Kier molecular flexibility index (Phi) is 8.82. The quantitative estimate of drug-likeness (QED) is 0.301. The standard InChI is InChI=1S/C8H9Cl2N5.C4H4O4/c9-4-1-2-5(10)6(3-4)14-8(13)15-7(11)12;5-3(6)1-2-4(7)8/h1-3H,(H6,11,12,13,14,15);1-2H,(H,5,6)(H,7,8)/b;2-1+. The molecule has 11 heteroatoms. The van der Waals surface area contributed by atoms with Gasteiger partial charge in [0.15, 0.2) is 5.96 Å². The molecule has 1 rings (SSSR count). The normalized spacial score (nSPS) is 10.6. The molecule has 9 nitrogen and oxygen atoms in total. The van der Waals surface area contributed by atoms with Crippen LogP contribution in [0, 0.1) is 0 Å². The van der Waals surface area contributed by atoms with Crippen LogP contribution in [0.4, 0.5) is 5.69 Å². The van der Waals surface area contributed by atoms with E-state index in [1.165, 1.54) is 0 Å². The molecule has 1 aromatic rings. The summed E-state index contributed by atoms with van der Waals surface area (Å²) in [6.45, 7) is 0. The minimum Gasteiger partial charge on any atom is -0.478 e. The number of carboxylic acid groups (broad SMARTS) is 2. The molecule has 23 heavy (non-hydrogen) atoms. The Morgan fingerprint density at radius 2 is 1.57 bits per heavy atom. The zero-order chi connectivity index (χ0) is 18.0. The van der Waals surface area contributed by atoms with Crippen LogP contribution in [0.3, 0.4) is 0 Å². The van der Waals surface area contributed by atoms with Gasteiger partial charge in [-0.15, -0.1) is 0 Å². The van der Waals surface area contributed by atoms with E-state index < -0.39 is 11.9 Å². The lowest BCUT2D eigenvalue weighted by atomic mass is 10.3. The number of carbonyl (C=O) groups is 2. The zero-order valence-corrected chi connectivity index (χ0v) is 13.0. The molecular weight excluding hydrogens is 349 g/mol. The maximum Gasteiger partial charge on any atom is 0.328 e. The van der Waals surface area contributed by atoms with E-state index in [4.69, 9.17) is 50.6 Å². The number of hydrogen-bond donors (Lipinski definition) is 5. The van der Waals surface area contributed by atoms with Crippen LogP contribution in [0.1, 0.15) is 0 Å². The number of nitrogens with two attached hydrogens (primary N) is 3. The van der Waals surface area contributed by atoms with Crippen LogP contribution in [0.2, 0.25) is 10.0 Å². The first-order valence-electron chi connectivity index (χ1n) is 5.64. The second-order valence-corrected chi connectivity index (χ2v) is 4.46. The molecule has 0 amide bonds. The van der Waals surface area contributed by atoms with Gasteiger partial charge in [-0.2, -0.15) is 4.99 Å². The highest BCUT2D eigenvalue weighted by molar-refractivity contribution is 6.35. The zero-order valence-electron chi connectivity index (χ0n) is 11.5. The molecule has 0 aliphatic rings. The molecule has 0 spiro atoms. The van der Waals surface area contributed by atoms with E-state index >= 15 is 0 Å². The van der Waals surface area contributed by atoms with Crippen LogP contribution in [0.25, 0.3) is 0 Å². The van der Waals surface area contributed by atoms with Gasteiger partial charge in [-0.1, -0.05) is 23.2 Å². The summed E-state index contributed by atoms with van der Waals surface area (Å²) in [6, 6.07) is 4.80. The van der Waals surface area contributed by atoms with Gasteiger partial charge in [0.1, 0.15) is 0 Å². The number of halogens is 2. The monoisotopic (exact) mass is 361 g/mol. The Labute approximate surface area is 140 Å². The summed E-state index contributed by atoms with van der Waals surface area (Å²) in [5.41, 5.74) is 16.1. The van der Waals surface area contributed by atoms with Crippen molar-refractivity contribution in [3.63, 3.8) is 0 Å². The molecule has 0 bridgehead atoms. The topological polar surface area (TPSA) is 177 Å². The molecule has 0 radical (unpaired) electrons. The summed E-state index contributed by atoms with van der Waals surface area (Å²) in [4.78, 5) is 26.5. The second kappa shape index (κ2) is 10.0. The molecule has 0 saturated heterocycles. The van der Waals surface area contributed by atoms with Crippen molar-refractivity contribution in [2.45, 2.75) is 0 Å². The van der Waals surface area contributed by atoms with Crippen LogP contribution in [-0.2, 0) is 9.59 Å². The van der Waals surface area contributed by atoms with Gasteiger partial charge in [0, 0.05) is 17.2 Å². The van der Waals surface area contributed by atoms with Gasteiger partial charge in [-0.05, 0) is 18.2 Å². The maximum absolute atomic E-state index is 9.55. The predicted molar refractivity (Wildman–Crippen MR) is 88.0 cm³/mol. The van der Waals surface area contributed by atoms with E-state index in [0.29, 0.717) is 27.9 Å². The largest absolute Gasteiger partial charge is 0.478 e. The molecule has 0 aliphatic carbocycles. The smallest absolute Gasteiger partial charge is 0.328 e. The van der Waals surface area contributed by atoms with Gasteiger partial charge in [0.25, 0.3) is 0 Å². The number of carboxylic acids is 2. The maximum atomic E-state index is 9.55. The fourth-order valence-electron chi connectivity index (χ4n) is 0.995. The predicted octanol–water partition coefficient (Wildman–Crippen LogP) is 0.925. The first-order chi connectivity index (χ1) is 10.6. The number of nitrogens with zero attached hydrogens (tertiary/aromatic N) is 2. The minimum absolute atomic E-state index is 0.0841.